The fourth-order valence-electron chi connectivity index (χ4n) is 2.78. The number of carbonyl (C=O) groups is 1. The van der Waals surface area contributed by atoms with Crippen molar-refractivity contribution in [3.05, 3.63) is 11.8 Å². The molecule has 0 aromatic carbocycles. The van der Waals surface area contributed by atoms with Gasteiger partial charge in [0.1, 0.15) is 5.82 Å². The van der Waals surface area contributed by atoms with Crippen LogP contribution < -0.4 is 10.6 Å². The van der Waals surface area contributed by atoms with E-state index in [0.29, 0.717) is 17.6 Å². The largest absolute Gasteiger partial charge is 0.357 e. The van der Waals surface area contributed by atoms with E-state index < -0.39 is 0 Å². The highest BCUT2D eigenvalue weighted by atomic mass is 32.2. The van der Waals surface area contributed by atoms with Crippen LogP contribution in [0.15, 0.2) is 10.4 Å². The molecule has 2 heterocycles. The van der Waals surface area contributed by atoms with E-state index in [1.54, 1.807) is 4.68 Å². The molecule has 1 aliphatic carbocycles. The van der Waals surface area contributed by atoms with Gasteiger partial charge in [-0.25, -0.2) is 0 Å². The lowest BCUT2D eigenvalue weighted by Crippen LogP contribution is -2.21. The summed E-state index contributed by atoms with van der Waals surface area (Å²) in [5.74, 6) is 0.942. The van der Waals surface area contributed by atoms with E-state index in [9.17, 15) is 4.79 Å². The highest BCUT2D eigenvalue weighted by molar-refractivity contribution is 8.01. The molecule has 2 aromatic heterocycles. The zero-order chi connectivity index (χ0) is 16.9. The minimum Gasteiger partial charge on any atom is -0.357 e. The number of carbonyl (C=O) groups excluding carboxylic acids is 1. The zero-order valence-electron chi connectivity index (χ0n) is 13.9. The Balaban J connectivity index is 1.46. The number of hydrogen-bond acceptors (Lipinski definition) is 7. The summed E-state index contributed by atoms with van der Waals surface area (Å²) in [6, 6.07) is 2.36. The fraction of sp³-hybridized carbons (Fsp3) is 0.600. The summed E-state index contributed by atoms with van der Waals surface area (Å²) < 4.78 is 2.47. The van der Waals surface area contributed by atoms with Crippen molar-refractivity contribution in [3.8, 4) is 0 Å². The lowest BCUT2D eigenvalue weighted by Gasteiger charge is -2.21. The first-order valence-corrected chi connectivity index (χ1v) is 9.93. The van der Waals surface area contributed by atoms with Crippen LogP contribution in [0.1, 0.15) is 37.8 Å². The number of thioether (sulfide) groups is 1. The van der Waals surface area contributed by atoms with Gasteiger partial charge in [0.15, 0.2) is 4.34 Å². The minimum atomic E-state index is -0.0695. The minimum absolute atomic E-state index is 0.0695. The molecule has 24 heavy (non-hydrogen) atoms. The number of hydrogen-bond donors (Lipinski definition) is 2. The second-order valence-electron chi connectivity index (χ2n) is 5.98. The van der Waals surface area contributed by atoms with Crippen LogP contribution in [-0.4, -0.2) is 37.7 Å². The summed E-state index contributed by atoms with van der Waals surface area (Å²) in [4.78, 5) is 12.0. The Labute approximate surface area is 149 Å². The van der Waals surface area contributed by atoms with Crippen LogP contribution >= 0.6 is 23.1 Å². The highest BCUT2D eigenvalue weighted by Gasteiger charge is 2.16. The lowest BCUT2D eigenvalue weighted by molar-refractivity contribution is -0.113. The molecule has 2 N–H and O–H groups in total. The molecule has 3 rings (SSSR count). The maximum atomic E-state index is 12.0. The SMILES string of the molecule is Cc1cc(NC(=O)CSc2nnc(NC3CCCCC3)s2)n(C)n1. The Hall–Kier alpha value is -1.61. The summed E-state index contributed by atoms with van der Waals surface area (Å²) in [7, 11) is 1.81. The molecule has 0 saturated heterocycles. The van der Waals surface area contributed by atoms with Crippen molar-refractivity contribution in [2.75, 3.05) is 16.4 Å². The quantitative estimate of drug-likeness (QED) is 0.765. The smallest absolute Gasteiger partial charge is 0.235 e. The zero-order valence-corrected chi connectivity index (χ0v) is 15.5. The Bertz CT molecular complexity index is 692. The molecule has 9 heteroatoms. The molecule has 0 spiro atoms. The van der Waals surface area contributed by atoms with E-state index in [1.807, 2.05) is 20.0 Å². The predicted octanol–water partition coefficient (Wildman–Crippen LogP) is 3.06. The third-order valence-corrected chi connectivity index (χ3v) is 5.92. The third-order valence-electron chi connectivity index (χ3n) is 3.94. The van der Waals surface area contributed by atoms with Gasteiger partial charge >= 0.3 is 0 Å². The Morgan fingerprint density at radius 2 is 2.17 bits per heavy atom. The predicted molar refractivity (Wildman–Crippen MR) is 97.7 cm³/mol. The number of aryl methyl sites for hydroxylation is 2. The van der Waals surface area contributed by atoms with E-state index >= 15 is 0 Å². The van der Waals surface area contributed by atoms with E-state index in [-0.39, 0.29) is 5.91 Å². The number of nitrogens with one attached hydrogen (secondary N) is 2. The molecular formula is C15H22N6OS2. The second-order valence-corrected chi connectivity index (χ2v) is 8.18. The van der Waals surface area contributed by atoms with Gasteiger partial charge in [-0.1, -0.05) is 42.4 Å². The summed E-state index contributed by atoms with van der Waals surface area (Å²) in [6.45, 7) is 1.90. The van der Waals surface area contributed by atoms with Gasteiger partial charge in [-0.15, -0.1) is 10.2 Å². The summed E-state index contributed by atoms with van der Waals surface area (Å²) in [5, 5.41) is 19.7. The van der Waals surface area contributed by atoms with Crippen LogP contribution in [0.3, 0.4) is 0 Å². The monoisotopic (exact) mass is 366 g/mol. The molecule has 130 valence electrons. The molecule has 0 unspecified atom stereocenters. The normalized spacial score (nSPS) is 15.4. The molecule has 1 aliphatic rings. The molecule has 1 fully saturated rings. The van der Waals surface area contributed by atoms with Crippen molar-refractivity contribution < 1.29 is 4.79 Å². The van der Waals surface area contributed by atoms with E-state index in [0.717, 1.165) is 15.2 Å². The van der Waals surface area contributed by atoms with Crippen LogP contribution in [0.25, 0.3) is 0 Å². The number of rotatable bonds is 6. The van der Waals surface area contributed by atoms with E-state index in [4.69, 9.17) is 0 Å². The molecule has 1 saturated carbocycles. The molecule has 2 aromatic rings. The van der Waals surface area contributed by atoms with Gasteiger partial charge in [0.2, 0.25) is 11.0 Å². The maximum absolute atomic E-state index is 12.0. The summed E-state index contributed by atoms with van der Waals surface area (Å²) in [6.07, 6.45) is 6.31. The average molecular weight is 367 g/mol. The summed E-state index contributed by atoms with van der Waals surface area (Å²) in [5.41, 5.74) is 0.878. The van der Waals surface area contributed by atoms with Gasteiger partial charge in [0.05, 0.1) is 11.4 Å². The lowest BCUT2D eigenvalue weighted by atomic mass is 9.96. The molecule has 0 bridgehead atoms. The van der Waals surface area contributed by atoms with Gasteiger partial charge in [0.25, 0.3) is 0 Å². The molecule has 0 radical (unpaired) electrons. The summed E-state index contributed by atoms with van der Waals surface area (Å²) >= 11 is 2.92. The first kappa shape index (κ1) is 17.2. The fourth-order valence-corrected chi connectivity index (χ4v) is 4.41. The second kappa shape index (κ2) is 7.98. The van der Waals surface area contributed by atoms with Crippen LogP contribution in [0.5, 0.6) is 0 Å². The van der Waals surface area contributed by atoms with Crippen molar-refractivity contribution in [3.63, 3.8) is 0 Å². The molecule has 7 nitrogen and oxygen atoms in total. The van der Waals surface area contributed by atoms with Crippen molar-refractivity contribution >= 4 is 40.0 Å². The first-order chi connectivity index (χ1) is 11.6. The number of nitrogens with zero attached hydrogens (tertiary/aromatic N) is 4. The van der Waals surface area contributed by atoms with Gasteiger partial charge in [-0.2, -0.15) is 5.10 Å². The third kappa shape index (κ3) is 4.70. The maximum Gasteiger partial charge on any atom is 0.235 e. The van der Waals surface area contributed by atoms with Gasteiger partial charge < -0.3 is 10.6 Å². The Morgan fingerprint density at radius 1 is 1.38 bits per heavy atom. The van der Waals surface area contributed by atoms with E-state index in [2.05, 4.69) is 25.9 Å². The Kier molecular flexibility index (Phi) is 5.72. The number of aromatic nitrogens is 4. The van der Waals surface area contributed by atoms with E-state index in [1.165, 1.54) is 55.2 Å². The molecule has 1 amide bonds. The van der Waals surface area contributed by atoms with Crippen molar-refractivity contribution in [2.45, 2.75) is 49.4 Å². The highest BCUT2D eigenvalue weighted by Crippen LogP contribution is 2.28. The molecule has 0 atom stereocenters. The van der Waals surface area contributed by atoms with Crippen molar-refractivity contribution in [1.82, 2.24) is 20.0 Å². The topological polar surface area (TPSA) is 84.7 Å². The van der Waals surface area contributed by atoms with Crippen LogP contribution in [0.2, 0.25) is 0 Å². The van der Waals surface area contributed by atoms with Gasteiger partial charge in [0, 0.05) is 19.2 Å². The van der Waals surface area contributed by atoms with Crippen molar-refractivity contribution in [2.24, 2.45) is 7.05 Å². The van der Waals surface area contributed by atoms with Crippen LogP contribution in [0.4, 0.5) is 10.9 Å². The Morgan fingerprint density at radius 3 is 2.88 bits per heavy atom. The van der Waals surface area contributed by atoms with Crippen LogP contribution in [0, 0.1) is 6.92 Å². The number of anilines is 2. The average Bonchev–Trinajstić information content (AvgIpc) is 3.13. The van der Waals surface area contributed by atoms with Crippen molar-refractivity contribution in [1.29, 1.82) is 0 Å². The molecule has 0 aliphatic heterocycles. The van der Waals surface area contributed by atoms with Crippen LogP contribution in [-0.2, 0) is 11.8 Å². The first-order valence-electron chi connectivity index (χ1n) is 8.13. The molecular weight excluding hydrogens is 344 g/mol. The number of amides is 1. The van der Waals surface area contributed by atoms with Gasteiger partial charge in [-0.05, 0) is 19.8 Å². The van der Waals surface area contributed by atoms with Gasteiger partial charge in [-0.3, -0.25) is 9.48 Å². The standard InChI is InChI=1S/C15H22N6OS2/c1-10-8-12(21(2)20-10)17-13(22)9-23-15-19-18-14(24-15)16-11-6-4-3-5-7-11/h8,11H,3-7,9H2,1-2H3,(H,16,18)(H,17,22).